The molecule has 0 aromatic heterocycles. The highest BCUT2D eigenvalue weighted by Gasteiger charge is 2.48. The molecular weight excluding hydrogens is 208 g/mol. The molecule has 5 heteroatoms. The van der Waals surface area contributed by atoms with Crippen LogP contribution in [0.3, 0.4) is 0 Å². The van der Waals surface area contributed by atoms with Crippen LogP contribution >= 0.6 is 0 Å². The SMILES string of the molecule is C=CCCNC(=O)NC(C)(C(=O)O)C1CC1. The smallest absolute Gasteiger partial charge is 0.329 e. The van der Waals surface area contributed by atoms with Crippen molar-refractivity contribution < 1.29 is 14.7 Å². The van der Waals surface area contributed by atoms with Crippen LogP contribution < -0.4 is 10.6 Å². The average Bonchev–Trinajstić information content (AvgIpc) is 3.00. The summed E-state index contributed by atoms with van der Waals surface area (Å²) in [6, 6.07) is -0.432. The summed E-state index contributed by atoms with van der Waals surface area (Å²) in [5, 5.41) is 14.2. The third-order valence-electron chi connectivity index (χ3n) is 2.85. The molecule has 0 heterocycles. The van der Waals surface area contributed by atoms with Gasteiger partial charge in [0.25, 0.3) is 0 Å². The molecule has 0 aliphatic heterocycles. The van der Waals surface area contributed by atoms with Crippen LogP contribution in [0.5, 0.6) is 0 Å². The van der Waals surface area contributed by atoms with Crippen molar-refractivity contribution in [2.45, 2.75) is 31.7 Å². The van der Waals surface area contributed by atoms with Gasteiger partial charge in [-0.3, -0.25) is 0 Å². The summed E-state index contributed by atoms with van der Waals surface area (Å²) in [4.78, 5) is 22.6. The van der Waals surface area contributed by atoms with E-state index in [0.29, 0.717) is 13.0 Å². The zero-order chi connectivity index (χ0) is 12.2. The standard InChI is InChI=1S/C11H18N2O3/c1-3-4-7-12-10(16)13-11(2,9(14)15)8-5-6-8/h3,8H,1,4-7H2,2H3,(H,14,15)(H2,12,13,16). The quantitative estimate of drug-likeness (QED) is 0.469. The van der Waals surface area contributed by atoms with E-state index in [1.807, 2.05) is 0 Å². The van der Waals surface area contributed by atoms with Crippen LogP contribution in [0.1, 0.15) is 26.2 Å². The van der Waals surface area contributed by atoms with Gasteiger partial charge in [0.15, 0.2) is 0 Å². The van der Waals surface area contributed by atoms with Gasteiger partial charge in [-0.15, -0.1) is 6.58 Å². The van der Waals surface area contributed by atoms with Gasteiger partial charge in [0, 0.05) is 6.54 Å². The van der Waals surface area contributed by atoms with Gasteiger partial charge in [0.1, 0.15) is 5.54 Å². The first-order valence-electron chi connectivity index (χ1n) is 5.41. The minimum Gasteiger partial charge on any atom is -0.480 e. The fourth-order valence-corrected chi connectivity index (χ4v) is 1.56. The molecule has 5 nitrogen and oxygen atoms in total. The fourth-order valence-electron chi connectivity index (χ4n) is 1.56. The Hall–Kier alpha value is -1.52. The minimum absolute atomic E-state index is 0.0511. The van der Waals surface area contributed by atoms with Crippen LogP contribution in [0.4, 0.5) is 4.79 Å². The average molecular weight is 226 g/mol. The summed E-state index contributed by atoms with van der Waals surface area (Å²) in [6.07, 6.45) is 4.07. The number of hydrogen-bond donors (Lipinski definition) is 3. The van der Waals surface area contributed by atoms with Gasteiger partial charge in [-0.05, 0) is 32.1 Å². The van der Waals surface area contributed by atoms with Gasteiger partial charge in [0.2, 0.25) is 0 Å². The number of urea groups is 1. The summed E-state index contributed by atoms with van der Waals surface area (Å²) in [7, 11) is 0. The van der Waals surface area contributed by atoms with Crippen LogP contribution in [0.2, 0.25) is 0 Å². The summed E-state index contributed by atoms with van der Waals surface area (Å²) < 4.78 is 0. The lowest BCUT2D eigenvalue weighted by atomic mass is 9.96. The molecule has 1 unspecified atom stereocenters. The topological polar surface area (TPSA) is 78.4 Å². The molecule has 90 valence electrons. The summed E-state index contributed by atoms with van der Waals surface area (Å²) in [5.74, 6) is -0.927. The molecule has 16 heavy (non-hydrogen) atoms. The van der Waals surface area contributed by atoms with Crippen molar-refractivity contribution >= 4 is 12.0 Å². The van der Waals surface area contributed by atoms with Crippen molar-refractivity contribution in [3.8, 4) is 0 Å². The summed E-state index contributed by atoms with van der Waals surface area (Å²) in [5.41, 5.74) is -1.14. The predicted molar refractivity (Wildman–Crippen MR) is 60.1 cm³/mol. The second-order valence-corrected chi connectivity index (χ2v) is 4.24. The maximum atomic E-state index is 11.5. The molecular formula is C11H18N2O3. The number of nitrogens with one attached hydrogen (secondary N) is 2. The molecule has 1 atom stereocenters. The Balaban J connectivity index is 2.45. The van der Waals surface area contributed by atoms with E-state index in [1.165, 1.54) is 0 Å². The molecule has 0 aromatic carbocycles. The number of aliphatic carboxylic acids is 1. The van der Waals surface area contributed by atoms with E-state index in [2.05, 4.69) is 17.2 Å². The first kappa shape index (κ1) is 12.5. The van der Waals surface area contributed by atoms with E-state index in [1.54, 1.807) is 13.0 Å². The van der Waals surface area contributed by atoms with Gasteiger partial charge in [0.05, 0.1) is 0 Å². The number of carbonyl (C=O) groups excluding carboxylic acids is 1. The van der Waals surface area contributed by atoms with E-state index in [0.717, 1.165) is 12.8 Å². The van der Waals surface area contributed by atoms with Crippen LogP contribution in [-0.2, 0) is 4.79 Å². The molecule has 0 aromatic rings. The monoisotopic (exact) mass is 226 g/mol. The van der Waals surface area contributed by atoms with Crippen molar-refractivity contribution in [1.82, 2.24) is 10.6 Å². The van der Waals surface area contributed by atoms with Crippen molar-refractivity contribution in [2.75, 3.05) is 6.54 Å². The molecule has 0 radical (unpaired) electrons. The lowest BCUT2D eigenvalue weighted by molar-refractivity contribution is -0.144. The van der Waals surface area contributed by atoms with Crippen molar-refractivity contribution in [3.63, 3.8) is 0 Å². The Morgan fingerprint density at radius 1 is 1.56 bits per heavy atom. The minimum atomic E-state index is -1.14. The third-order valence-corrected chi connectivity index (χ3v) is 2.85. The Labute approximate surface area is 94.9 Å². The molecule has 1 saturated carbocycles. The van der Waals surface area contributed by atoms with Crippen molar-refractivity contribution in [1.29, 1.82) is 0 Å². The van der Waals surface area contributed by atoms with Crippen molar-refractivity contribution in [2.24, 2.45) is 5.92 Å². The predicted octanol–water partition coefficient (Wildman–Crippen LogP) is 1.11. The Kier molecular flexibility index (Phi) is 3.93. The van der Waals surface area contributed by atoms with E-state index >= 15 is 0 Å². The lowest BCUT2D eigenvalue weighted by Gasteiger charge is -2.26. The van der Waals surface area contributed by atoms with Gasteiger partial charge in [-0.2, -0.15) is 0 Å². The van der Waals surface area contributed by atoms with E-state index in [-0.39, 0.29) is 5.92 Å². The second-order valence-electron chi connectivity index (χ2n) is 4.24. The summed E-state index contributed by atoms with van der Waals surface area (Å²) in [6.45, 7) is 5.56. The zero-order valence-electron chi connectivity index (χ0n) is 9.45. The molecule has 0 saturated heterocycles. The van der Waals surface area contributed by atoms with E-state index < -0.39 is 17.5 Å². The Morgan fingerprint density at radius 2 is 2.19 bits per heavy atom. The van der Waals surface area contributed by atoms with Gasteiger partial charge >= 0.3 is 12.0 Å². The Morgan fingerprint density at radius 3 is 2.62 bits per heavy atom. The third kappa shape index (κ3) is 2.98. The van der Waals surface area contributed by atoms with Crippen LogP contribution in [0, 0.1) is 5.92 Å². The molecule has 0 bridgehead atoms. The number of carboxylic acids is 1. The maximum absolute atomic E-state index is 11.5. The van der Waals surface area contributed by atoms with Crippen LogP contribution in [-0.4, -0.2) is 29.2 Å². The lowest BCUT2D eigenvalue weighted by Crippen LogP contribution is -2.56. The number of hydrogen-bond acceptors (Lipinski definition) is 2. The van der Waals surface area contributed by atoms with Gasteiger partial charge in [-0.1, -0.05) is 6.08 Å². The fraction of sp³-hybridized carbons (Fsp3) is 0.636. The molecule has 3 N–H and O–H groups in total. The van der Waals surface area contributed by atoms with Crippen LogP contribution in [0.15, 0.2) is 12.7 Å². The number of amides is 2. The number of carboxylic acid groups (broad SMARTS) is 1. The summed E-state index contributed by atoms with van der Waals surface area (Å²) >= 11 is 0. The van der Waals surface area contributed by atoms with Crippen molar-refractivity contribution in [3.05, 3.63) is 12.7 Å². The van der Waals surface area contributed by atoms with E-state index in [4.69, 9.17) is 5.11 Å². The highest BCUT2D eigenvalue weighted by atomic mass is 16.4. The molecule has 1 aliphatic carbocycles. The number of carbonyl (C=O) groups is 2. The first-order chi connectivity index (χ1) is 7.50. The Bertz CT molecular complexity index is 300. The van der Waals surface area contributed by atoms with Gasteiger partial charge < -0.3 is 15.7 Å². The molecule has 1 fully saturated rings. The van der Waals surface area contributed by atoms with E-state index in [9.17, 15) is 9.59 Å². The molecule has 1 aliphatic rings. The maximum Gasteiger partial charge on any atom is 0.329 e. The molecule has 2 amide bonds. The first-order valence-corrected chi connectivity index (χ1v) is 5.41. The molecule has 0 spiro atoms. The zero-order valence-corrected chi connectivity index (χ0v) is 9.45. The largest absolute Gasteiger partial charge is 0.480 e. The number of rotatable bonds is 6. The highest BCUT2D eigenvalue weighted by molar-refractivity contribution is 5.86. The van der Waals surface area contributed by atoms with Gasteiger partial charge in [-0.25, -0.2) is 9.59 Å². The molecule has 1 rings (SSSR count). The normalized spacial score (nSPS) is 18.3. The highest BCUT2D eigenvalue weighted by Crippen LogP contribution is 2.39. The van der Waals surface area contributed by atoms with Crippen LogP contribution in [0.25, 0.3) is 0 Å². The second kappa shape index (κ2) is 5.01.